The van der Waals surface area contributed by atoms with Crippen molar-refractivity contribution in [2.75, 3.05) is 39.2 Å². The van der Waals surface area contributed by atoms with E-state index in [1.807, 2.05) is 48.2 Å². The fourth-order valence-electron chi connectivity index (χ4n) is 2.90. The molecule has 0 radical (unpaired) electrons. The Kier molecular flexibility index (Phi) is 5.55. The lowest BCUT2D eigenvalue weighted by atomic mass is 10.1. The van der Waals surface area contributed by atoms with Gasteiger partial charge in [-0.15, -0.1) is 0 Å². The van der Waals surface area contributed by atoms with Gasteiger partial charge >= 0.3 is 0 Å². The highest BCUT2D eigenvalue weighted by Crippen LogP contribution is 2.20. The molecule has 1 aromatic heterocycles. The minimum atomic E-state index is -0.0593. The molecule has 1 aromatic carbocycles. The molecule has 0 unspecified atom stereocenters. The average Bonchev–Trinajstić information content (AvgIpc) is 3.10. The number of rotatable bonds is 6. The van der Waals surface area contributed by atoms with Crippen molar-refractivity contribution in [1.29, 1.82) is 0 Å². The number of aromatic nitrogens is 2. The summed E-state index contributed by atoms with van der Waals surface area (Å²) in [7, 11) is 5.43. The zero-order chi connectivity index (χ0) is 18.5. The van der Waals surface area contributed by atoms with Crippen LogP contribution in [0.15, 0.2) is 36.7 Å². The monoisotopic (exact) mass is 356 g/mol. The van der Waals surface area contributed by atoms with Crippen molar-refractivity contribution in [3.63, 3.8) is 0 Å². The minimum Gasteiger partial charge on any atom is -0.497 e. The van der Waals surface area contributed by atoms with Crippen molar-refractivity contribution >= 4 is 11.7 Å². The van der Waals surface area contributed by atoms with Crippen LogP contribution in [0.4, 0.5) is 5.82 Å². The van der Waals surface area contributed by atoms with Crippen LogP contribution in [-0.2, 0) is 11.2 Å². The number of likely N-dealkylation sites (tertiary alicyclic amines) is 1. The zero-order valence-electron chi connectivity index (χ0n) is 15.4. The minimum absolute atomic E-state index is 0.0593. The molecule has 0 aliphatic carbocycles. The fourth-order valence-corrected chi connectivity index (χ4v) is 2.90. The molecule has 1 amide bonds. The van der Waals surface area contributed by atoms with Crippen molar-refractivity contribution in [1.82, 2.24) is 14.9 Å². The number of hydrogen-bond acceptors (Lipinski definition) is 6. The molecule has 2 heterocycles. The summed E-state index contributed by atoms with van der Waals surface area (Å²) in [6.45, 7) is 1.25. The van der Waals surface area contributed by atoms with Crippen molar-refractivity contribution < 1.29 is 14.3 Å². The van der Waals surface area contributed by atoms with Crippen LogP contribution in [0.3, 0.4) is 0 Å². The summed E-state index contributed by atoms with van der Waals surface area (Å²) in [6, 6.07) is 7.60. The Labute approximate surface area is 153 Å². The summed E-state index contributed by atoms with van der Waals surface area (Å²) < 4.78 is 11.1. The maximum Gasteiger partial charge on any atom is 0.234 e. The quantitative estimate of drug-likeness (QED) is 0.786. The molecule has 2 aromatic rings. The van der Waals surface area contributed by atoms with Crippen LogP contribution in [0.25, 0.3) is 0 Å². The van der Waals surface area contributed by atoms with E-state index in [-0.39, 0.29) is 12.0 Å². The lowest BCUT2D eigenvalue weighted by Crippen LogP contribution is -2.32. The Morgan fingerprint density at radius 2 is 2.19 bits per heavy atom. The number of nitrogens with zero attached hydrogens (tertiary/aromatic N) is 4. The summed E-state index contributed by atoms with van der Waals surface area (Å²) in [4.78, 5) is 24.8. The maximum absolute atomic E-state index is 12.6. The second-order valence-electron chi connectivity index (χ2n) is 6.51. The van der Waals surface area contributed by atoms with Crippen LogP contribution < -0.4 is 14.4 Å². The number of benzene rings is 1. The molecule has 7 nitrogen and oxygen atoms in total. The van der Waals surface area contributed by atoms with Crippen molar-refractivity contribution in [2.24, 2.45) is 0 Å². The molecule has 1 saturated heterocycles. The fraction of sp³-hybridized carbons (Fsp3) is 0.421. The topological polar surface area (TPSA) is 67.8 Å². The van der Waals surface area contributed by atoms with E-state index < -0.39 is 0 Å². The predicted molar refractivity (Wildman–Crippen MR) is 98.7 cm³/mol. The number of anilines is 1. The van der Waals surface area contributed by atoms with E-state index in [9.17, 15) is 4.79 Å². The van der Waals surface area contributed by atoms with Crippen LogP contribution in [0, 0.1) is 0 Å². The van der Waals surface area contributed by atoms with Gasteiger partial charge in [-0.05, 0) is 17.7 Å². The Bertz CT molecular complexity index is 766. The Morgan fingerprint density at radius 1 is 1.35 bits per heavy atom. The predicted octanol–water partition coefficient (Wildman–Crippen LogP) is 1.77. The van der Waals surface area contributed by atoms with Gasteiger partial charge in [0.05, 0.1) is 32.5 Å². The lowest BCUT2D eigenvalue weighted by molar-refractivity contribution is -0.129. The summed E-state index contributed by atoms with van der Waals surface area (Å²) in [5.41, 5.74) is 0.947. The third-order valence-electron chi connectivity index (χ3n) is 4.33. The van der Waals surface area contributed by atoms with Crippen LogP contribution in [0.5, 0.6) is 11.6 Å². The van der Waals surface area contributed by atoms with Gasteiger partial charge in [0.2, 0.25) is 11.8 Å². The van der Waals surface area contributed by atoms with Crippen molar-refractivity contribution in [2.45, 2.75) is 18.9 Å². The van der Waals surface area contributed by atoms with Gasteiger partial charge in [0, 0.05) is 27.1 Å². The maximum atomic E-state index is 12.6. The number of hydrogen-bond donors (Lipinski definition) is 0. The van der Waals surface area contributed by atoms with Gasteiger partial charge in [0.25, 0.3) is 0 Å². The summed E-state index contributed by atoms with van der Waals surface area (Å²) >= 11 is 0. The molecular formula is C19H24N4O3. The highest BCUT2D eigenvalue weighted by molar-refractivity contribution is 5.79. The molecule has 0 spiro atoms. The molecular weight excluding hydrogens is 332 g/mol. The molecule has 138 valence electrons. The third kappa shape index (κ3) is 4.41. The standard InChI is InChI=1S/C19H24N4O3/c1-22(2)17-11-20-12-18(21-17)26-16-7-8-23(13-16)19(24)10-14-5-4-6-15(9-14)25-3/h4-6,9,11-12,16H,7-8,10,13H2,1-3H3/t16-/m0/s1. The van der Waals surface area contributed by atoms with E-state index in [2.05, 4.69) is 9.97 Å². The van der Waals surface area contributed by atoms with Crippen molar-refractivity contribution in [3.8, 4) is 11.6 Å². The number of carbonyl (C=O) groups is 1. The van der Waals surface area contributed by atoms with Crippen LogP contribution in [-0.4, -0.2) is 61.2 Å². The zero-order valence-corrected chi connectivity index (χ0v) is 15.4. The van der Waals surface area contributed by atoms with E-state index >= 15 is 0 Å². The van der Waals surface area contributed by atoms with Gasteiger partial charge in [0.15, 0.2) is 5.82 Å². The van der Waals surface area contributed by atoms with Crippen LogP contribution in [0.2, 0.25) is 0 Å². The molecule has 0 saturated carbocycles. The van der Waals surface area contributed by atoms with Gasteiger partial charge in [0.1, 0.15) is 11.9 Å². The lowest BCUT2D eigenvalue weighted by Gasteiger charge is -2.18. The first-order chi connectivity index (χ1) is 12.5. The largest absolute Gasteiger partial charge is 0.497 e. The second kappa shape index (κ2) is 8.03. The van der Waals surface area contributed by atoms with Gasteiger partial charge < -0.3 is 19.3 Å². The van der Waals surface area contributed by atoms with E-state index in [0.29, 0.717) is 25.4 Å². The molecule has 0 bridgehead atoms. The van der Waals surface area contributed by atoms with Crippen LogP contribution >= 0.6 is 0 Å². The van der Waals surface area contributed by atoms with Gasteiger partial charge in [-0.3, -0.25) is 9.78 Å². The first-order valence-electron chi connectivity index (χ1n) is 8.62. The van der Waals surface area contributed by atoms with E-state index in [4.69, 9.17) is 9.47 Å². The summed E-state index contributed by atoms with van der Waals surface area (Å²) in [5, 5.41) is 0. The normalized spacial score (nSPS) is 16.4. The van der Waals surface area contributed by atoms with E-state index in [1.54, 1.807) is 19.5 Å². The smallest absolute Gasteiger partial charge is 0.234 e. The molecule has 1 fully saturated rings. The average molecular weight is 356 g/mol. The number of amides is 1. The van der Waals surface area contributed by atoms with Gasteiger partial charge in [-0.2, -0.15) is 4.98 Å². The SMILES string of the molecule is COc1cccc(CC(=O)N2CC[C@H](Oc3cncc(N(C)C)n3)C2)c1. The van der Waals surface area contributed by atoms with Gasteiger partial charge in [-0.25, -0.2) is 0 Å². The van der Waals surface area contributed by atoms with Crippen molar-refractivity contribution in [3.05, 3.63) is 42.2 Å². The Hall–Kier alpha value is -2.83. The Morgan fingerprint density at radius 3 is 2.96 bits per heavy atom. The highest BCUT2D eigenvalue weighted by Gasteiger charge is 2.28. The molecule has 0 N–H and O–H groups in total. The molecule has 1 aliphatic heterocycles. The highest BCUT2D eigenvalue weighted by atomic mass is 16.5. The molecule has 1 aliphatic rings. The molecule has 3 rings (SSSR count). The molecule has 7 heteroatoms. The van der Waals surface area contributed by atoms with E-state index in [1.165, 1.54) is 0 Å². The molecule has 1 atom stereocenters. The second-order valence-corrected chi connectivity index (χ2v) is 6.51. The summed E-state index contributed by atoms with van der Waals surface area (Å²) in [5.74, 6) is 2.09. The van der Waals surface area contributed by atoms with E-state index in [0.717, 1.165) is 23.6 Å². The first kappa shape index (κ1) is 18.0. The van der Waals surface area contributed by atoms with Gasteiger partial charge in [-0.1, -0.05) is 12.1 Å². The van der Waals surface area contributed by atoms with Crippen LogP contribution in [0.1, 0.15) is 12.0 Å². The molecule has 26 heavy (non-hydrogen) atoms. The number of ether oxygens (including phenoxy) is 2. The number of methoxy groups -OCH3 is 1. The Balaban J connectivity index is 1.56. The first-order valence-corrected chi connectivity index (χ1v) is 8.62. The number of carbonyl (C=O) groups excluding carboxylic acids is 1. The third-order valence-corrected chi connectivity index (χ3v) is 4.33. The summed E-state index contributed by atoms with van der Waals surface area (Å²) in [6.07, 6.45) is 4.38.